The van der Waals surface area contributed by atoms with Gasteiger partial charge in [0.05, 0.1) is 5.33 Å². The first kappa shape index (κ1) is 12.1. The summed E-state index contributed by atoms with van der Waals surface area (Å²) in [6.07, 6.45) is 1.54. The molecule has 90 valence electrons. The Bertz CT molecular complexity index is 431. The molecule has 5 heteroatoms. The van der Waals surface area contributed by atoms with E-state index in [0.29, 0.717) is 6.42 Å². The van der Waals surface area contributed by atoms with Crippen molar-refractivity contribution in [3.63, 3.8) is 0 Å². The second-order valence-corrected chi connectivity index (χ2v) is 4.44. The van der Waals surface area contributed by atoms with E-state index in [1.807, 2.05) is 24.3 Å². The molecule has 0 saturated carbocycles. The summed E-state index contributed by atoms with van der Waals surface area (Å²) < 4.78 is 0. The van der Waals surface area contributed by atoms with Gasteiger partial charge in [-0.3, -0.25) is 9.59 Å². The van der Waals surface area contributed by atoms with E-state index in [4.69, 9.17) is 0 Å². The summed E-state index contributed by atoms with van der Waals surface area (Å²) in [5.41, 5.74) is 1.63. The maximum atomic E-state index is 11.5. The maximum absolute atomic E-state index is 11.5. The lowest BCUT2D eigenvalue weighted by atomic mass is 10.2. The average Bonchev–Trinajstić information content (AvgIpc) is 2.76. The summed E-state index contributed by atoms with van der Waals surface area (Å²) in [7, 11) is 0. The normalized spacial score (nSPS) is 15.1. The molecule has 1 fully saturated rings. The Morgan fingerprint density at radius 2 is 2.06 bits per heavy atom. The minimum Gasteiger partial charge on any atom is -0.325 e. The molecule has 1 aliphatic rings. The van der Waals surface area contributed by atoms with Gasteiger partial charge >= 0.3 is 0 Å². The van der Waals surface area contributed by atoms with Crippen LogP contribution in [0.1, 0.15) is 12.8 Å². The number of amides is 2. The lowest BCUT2D eigenvalue weighted by Crippen LogP contribution is -2.23. The Balaban J connectivity index is 2.07. The maximum Gasteiger partial charge on any atom is 0.235 e. The third kappa shape index (κ3) is 2.85. The van der Waals surface area contributed by atoms with Crippen molar-refractivity contribution >= 4 is 39.1 Å². The number of carbonyl (C=O) groups is 2. The van der Waals surface area contributed by atoms with Gasteiger partial charge in [-0.25, -0.2) is 0 Å². The van der Waals surface area contributed by atoms with E-state index in [-0.39, 0.29) is 17.1 Å². The topological polar surface area (TPSA) is 49.4 Å². The molecule has 2 rings (SSSR count). The van der Waals surface area contributed by atoms with Crippen LogP contribution >= 0.6 is 15.9 Å². The van der Waals surface area contributed by atoms with E-state index in [1.54, 1.807) is 4.90 Å². The quantitative estimate of drug-likeness (QED) is 0.869. The Labute approximate surface area is 108 Å². The monoisotopic (exact) mass is 296 g/mol. The van der Waals surface area contributed by atoms with Gasteiger partial charge < -0.3 is 10.2 Å². The van der Waals surface area contributed by atoms with Crippen molar-refractivity contribution < 1.29 is 9.59 Å². The fraction of sp³-hybridized carbons (Fsp3) is 0.333. The van der Waals surface area contributed by atoms with Crippen molar-refractivity contribution in [1.29, 1.82) is 0 Å². The van der Waals surface area contributed by atoms with Crippen molar-refractivity contribution in [2.24, 2.45) is 0 Å². The second kappa shape index (κ2) is 5.31. The molecule has 1 heterocycles. The van der Waals surface area contributed by atoms with Gasteiger partial charge in [0.1, 0.15) is 0 Å². The third-order valence-electron chi connectivity index (χ3n) is 2.66. The van der Waals surface area contributed by atoms with Gasteiger partial charge in [-0.1, -0.05) is 15.9 Å². The van der Waals surface area contributed by atoms with Crippen LogP contribution in [0.4, 0.5) is 11.4 Å². The summed E-state index contributed by atoms with van der Waals surface area (Å²) in [6.45, 7) is 0.784. The number of alkyl halides is 1. The van der Waals surface area contributed by atoms with Crippen molar-refractivity contribution in [3.8, 4) is 0 Å². The van der Waals surface area contributed by atoms with Crippen LogP contribution in [-0.2, 0) is 9.59 Å². The SMILES string of the molecule is O=C(CBr)Nc1ccc(N2CCCC2=O)cc1. The molecular weight excluding hydrogens is 284 g/mol. The van der Waals surface area contributed by atoms with E-state index in [0.717, 1.165) is 24.3 Å². The molecule has 0 bridgehead atoms. The number of halogens is 1. The van der Waals surface area contributed by atoms with Crippen molar-refractivity contribution in [1.82, 2.24) is 0 Å². The third-order valence-corrected chi connectivity index (χ3v) is 3.17. The van der Waals surface area contributed by atoms with Crippen molar-refractivity contribution in [2.75, 3.05) is 22.1 Å². The number of hydrogen-bond acceptors (Lipinski definition) is 2. The van der Waals surface area contributed by atoms with E-state index in [9.17, 15) is 9.59 Å². The van der Waals surface area contributed by atoms with Crippen LogP contribution in [0.15, 0.2) is 24.3 Å². The van der Waals surface area contributed by atoms with E-state index in [1.165, 1.54) is 0 Å². The van der Waals surface area contributed by atoms with Crippen molar-refractivity contribution in [2.45, 2.75) is 12.8 Å². The number of nitrogens with one attached hydrogen (secondary N) is 1. The van der Waals surface area contributed by atoms with Gasteiger partial charge in [-0.05, 0) is 30.7 Å². The lowest BCUT2D eigenvalue weighted by molar-refractivity contribution is -0.117. The lowest BCUT2D eigenvalue weighted by Gasteiger charge is -2.15. The minimum absolute atomic E-state index is 0.0880. The predicted molar refractivity (Wildman–Crippen MR) is 70.5 cm³/mol. The Morgan fingerprint density at radius 1 is 1.35 bits per heavy atom. The minimum atomic E-state index is -0.0880. The summed E-state index contributed by atoms with van der Waals surface area (Å²) in [5.74, 6) is 0.0808. The van der Waals surface area contributed by atoms with Gasteiger partial charge in [0.25, 0.3) is 0 Å². The van der Waals surface area contributed by atoms with E-state index >= 15 is 0 Å². The van der Waals surface area contributed by atoms with Gasteiger partial charge in [0.2, 0.25) is 11.8 Å². The van der Waals surface area contributed by atoms with Crippen LogP contribution in [0.3, 0.4) is 0 Å². The molecule has 0 atom stereocenters. The molecule has 2 amide bonds. The number of benzene rings is 1. The molecule has 1 aromatic rings. The number of rotatable bonds is 3. The zero-order valence-electron chi connectivity index (χ0n) is 9.28. The average molecular weight is 297 g/mol. The highest BCUT2D eigenvalue weighted by Gasteiger charge is 2.21. The summed E-state index contributed by atoms with van der Waals surface area (Å²) in [6, 6.07) is 7.32. The first-order valence-electron chi connectivity index (χ1n) is 5.47. The molecule has 0 unspecified atom stereocenters. The van der Waals surface area contributed by atoms with Gasteiger partial charge in [0.15, 0.2) is 0 Å². The number of carbonyl (C=O) groups excluding carboxylic acids is 2. The Hall–Kier alpha value is -1.36. The Kier molecular flexibility index (Phi) is 3.78. The van der Waals surface area contributed by atoms with Crippen molar-refractivity contribution in [3.05, 3.63) is 24.3 Å². The molecular formula is C12H13BrN2O2. The Morgan fingerprint density at radius 3 is 2.59 bits per heavy atom. The number of hydrogen-bond donors (Lipinski definition) is 1. The second-order valence-electron chi connectivity index (χ2n) is 3.88. The molecule has 4 nitrogen and oxygen atoms in total. The molecule has 0 aliphatic carbocycles. The number of nitrogens with zero attached hydrogens (tertiary/aromatic N) is 1. The van der Waals surface area contributed by atoms with Crippen LogP contribution in [0, 0.1) is 0 Å². The molecule has 1 N–H and O–H groups in total. The van der Waals surface area contributed by atoms with Crippen LogP contribution in [-0.4, -0.2) is 23.7 Å². The van der Waals surface area contributed by atoms with Gasteiger partial charge in [-0.15, -0.1) is 0 Å². The van der Waals surface area contributed by atoms with Crippen LogP contribution in [0.25, 0.3) is 0 Å². The smallest absolute Gasteiger partial charge is 0.235 e. The molecule has 0 spiro atoms. The summed E-state index contributed by atoms with van der Waals surface area (Å²) in [5, 5.41) is 3.01. The highest BCUT2D eigenvalue weighted by atomic mass is 79.9. The largest absolute Gasteiger partial charge is 0.325 e. The summed E-state index contributed by atoms with van der Waals surface area (Å²) in [4.78, 5) is 24.5. The highest BCUT2D eigenvalue weighted by Crippen LogP contribution is 2.22. The van der Waals surface area contributed by atoms with E-state index < -0.39 is 0 Å². The first-order chi connectivity index (χ1) is 8.20. The predicted octanol–water partition coefficient (Wildman–Crippen LogP) is 2.15. The van der Waals surface area contributed by atoms with Crippen LogP contribution in [0.2, 0.25) is 0 Å². The summed E-state index contributed by atoms with van der Waals surface area (Å²) >= 11 is 3.08. The molecule has 17 heavy (non-hydrogen) atoms. The molecule has 1 aliphatic heterocycles. The van der Waals surface area contributed by atoms with Gasteiger partial charge in [0, 0.05) is 24.3 Å². The van der Waals surface area contributed by atoms with Crippen LogP contribution in [0.5, 0.6) is 0 Å². The molecule has 1 saturated heterocycles. The molecule has 1 aromatic carbocycles. The fourth-order valence-corrected chi connectivity index (χ4v) is 1.98. The number of anilines is 2. The zero-order valence-corrected chi connectivity index (χ0v) is 10.9. The fourth-order valence-electron chi connectivity index (χ4n) is 1.84. The first-order valence-corrected chi connectivity index (χ1v) is 6.59. The molecule has 0 aromatic heterocycles. The van der Waals surface area contributed by atoms with Gasteiger partial charge in [-0.2, -0.15) is 0 Å². The standard InChI is InChI=1S/C12H13BrN2O2/c13-8-11(16)14-9-3-5-10(6-4-9)15-7-1-2-12(15)17/h3-6H,1-2,7-8H2,(H,14,16). The van der Waals surface area contributed by atoms with E-state index in [2.05, 4.69) is 21.2 Å². The van der Waals surface area contributed by atoms with Crippen LogP contribution < -0.4 is 10.2 Å². The highest BCUT2D eigenvalue weighted by molar-refractivity contribution is 9.09. The zero-order chi connectivity index (χ0) is 12.3. The molecule has 0 radical (unpaired) electrons.